The SMILES string of the molecule is CCOc1cc(C)c(-c2nc3ccccc3c(=O)n2N=Cc2cc(C)n(-c3ccccc3Cl)c2C)cc1C(C)C. The Balaban J connectivity index is 1.71. The van der Waals surface area contributed by atoms with E-state index < -0.39 is 0 Å². The van der Waals surface area contributed by atoms with E-state index in [0.29, 0.717) is 28.4 Å². The lowest BCUT2D eigenvalue weighted by molar-refractivity contribution is 0.335. The first-order chi connectivity index (χ1) is 19.2. The van der Waals surface area contributed by atoms with E-state index in [1.54, 1.807) is 12.3 Å². The van der Waals surface area contributed by atoms with Gasteiger partial charge in [0.2, 0.25) is 0 Å². The molecule has 0 aliphatic carbocycles. The van der Waals surface area contributed by atoms with Crippen LogP contribution in [0.5, 0.6) is 5.75 Å². The lowest BCUT2D eigenvalue weighted by atomic mass is 9.96. The van der Waals surface area contributed by atoms with Crippen molar-refractivity contribution in [2.24, 2.45) is 5.10 Å². The first-order valence-corrected chi connectivity index (χ1v) is 13.9. The zero-order valence-corrected chi connectivity index (χ0v) is 24.5. The van der Waals surface area contributed by atoms with Crippen LogP contribution in [-0.4, -0.2) is 27.0 Å². The van der Waals surface area contributed by atoms with E-state index in [9.17, 15) is 4.79 Å². The summed E-state index contributed by atoms with van der Waals surface area (Å²) in [5.41, 5.74) is 7.02. The fourth-order valence-electron chi connectivity index (χ4n) is 5.12. The fraction of sp³-hybridized carbons (Fsp3) is 0.242. The van der Waals surface area contributed by atoms with Gasteiger partial charge >= 0.3 is 0 Å². The normalized spacial score (nSPS) is 11.7. The number of aromatic nitrogens is 3. The maximum Gasteiger partial charge on any atom is 0.282 e. The Bertz CT molecular complexity index is 1810. The number of hydrogen-bond donors (Lipinski definition) is 0. The molecule has 2 aromatic heterocycles. The van der Waals surface area contributed by atoms with Crippen LogP contribution in [0, 0.1) is 20.8 Å². The number of rotatable bonds is 7. The lowest BCUT2D eigenvalue weighted by Gasteiger charge is -2.18. The Morgan fingerprint density at radius 1 is 1.02 bits per heavy atom. The lowest BCUT2D eigenvalue weighted by Crippen LogP contribution is -2.21. The third-order valence-electron chi connectivity index (χ3n) is 7.15. The summed E-state index contributed by atoms with van der Waals surface area (Å²) in [5, 5.41) is 5.92. The minimum absolute atomic E-state index is 0.222. The number of halogens is 1. The standard InChI is InChI=1S/C33H33ClN4O2/c1-7-40-31-16-21(4)27(18-26(31)20(2)3)32-36-29-14-10-8-12-25(29)33(39)38(32)35-19-24-17-22(5)37(23(24)6)30-15-11-9-13-28(30)34/h8-20H,7H2,1-6H3. The summed E-state index contributed by atoms with van der Waals surface area (Å²) < 4.78 is 9.45. The summed E-state index contributed by atoms with van der Waals surface area (Å²) in [4.78, 5) is 18.8. The van der Waals surface area contributed by atoms with E-state index in [2.05, 4.69) is 24.5 Å². The molecule has 0 amide bonds. The fourth-order valence-corrected chi connectivity index (χ4v) is 5.34. The minimum atomic E-state index is -0.226. The first-order valence-electron chi connectivity index (χ1n) is 13.5. The molecule has 40 heavy (non-hydrogen) atoms. The average Bonchev–Trinajstić information content (AvgIpc) is 3.21. The largest absolute Gasteiger partial charge is 0.494 e. The topological polar surface area (TPSA) is 61.4 Å². The van der Waals surface area contributed by atoms with Crippen molar-refractivity contribution in [2.45, 2.75) is 47.5 Å². The number of benzene rings is 3. The van der Waals surface area contributed by atoms with Crippen LogP contribution in [0.1, 0.15) is 54.8 Å². The highest BCUT2D eigenvalue weighted by Crippen LogP contribution is 2.34. The molecule has 0 aliphatic rings. The molecule has 6 nitrogen and oxygen atoms in total. The zero-order valence-electron chi connectivity index (χ0n) is 23.7. The Labute approximate surface area is 239 Å². The van der Waals surface area contributed by atoms with Crippen LogP contribution in [-0.2, 0) is 0 Å². The van der Waals surface area contributed by atoms with Crippen molar-refractivity contribution in [3.05, 3.63) is 110 Å². The van der Waals surface area contributed by atoms with Crippen LogP contribution in [0.15, 0.2) is 76.6 Å². The van der Waals surface area contributed by atoms with Gasteiger partial charge in [0.15, 0.2) is 5.82 Å². The molecule has 0 saturated heterocycles. The van der Waals surface area contributed by atoms with Gasteiger partial charge in [-0.3, -0.25) is 4.79 Å². The van der Waals surface area contributed by atoms with Crippen LogP contribution in [0.25, 0.3) is 28.0 Å². The second-order valence-electron chi connectivity index (χ2n) is 10.2. The summed E-state index contributed by atoms with van der Waals surface area (Å²) in [6, 6.07) is 21.3. The molecule has 5 rings (SSSR count). The smallest absolute Gasteiger partial charge is 0.282 e. The van der Waals surface area contributed by atoms with Gasteiger partial charge in [-0.05, 0) is 87.2 Å². The number of para-hydroxylation sites is 2. The van der Waals surface area contributed by atoms with Crippen molar-refractivity contribution in [1.82, 2.24) is 14.2 Å². The van der Waals surface area contributed by atoms with Crippen LogP contribution in [0.4, 0.5) is 0 Å². The molecule has 2 heterocycles. The predicted molar refractivity (Wildman–Crippen MR) is 165 cm³/mol. The molecule has 0 radical (unpaired) electrons. The first kappa shape index (κ1) is 27.4. The molecule has 204 valence electrons. The van der Waals surface area contributed by atoms with E-state index in [4.69, 9.17) is 26.4 Å². The zero-order chi connectivity index (χ0) is 28.6. The predicted octanol–water partition coefficient (Wildman–Crippen LogP) is 7.84. The monoisotopic (exact) mass is 552 g/mol. The Kier molecular flexibility index (Phi) is 7.63. The van der Waals surface area contributed by atoms with Gasteiger partial charge < -0.3 is 9.30 Å². The Hall–Kier alpha value is -4.16. The van der Waals surface area contributed by atoms with E-state index in [1.165, 1.54) is 4.68 Å². The molecule has 0 aliphatic heterocycles. The highest BCUT2D eigenvalue weighted by atomic mass is 35.5. The molecule has 0 unspecified atom stereocenters. The molecule has 0 atom stereocenters. The van der Waals surface area contributed by atoms with Gasteiger partial charge in [-0.25, -0.2) is 4.98 Å². The molecule has 7 heteroatoms. The molecule has 0 spiro atoms. The van der Waals surface area contributed by atoms with Gasteiger partial charge in [-0.15, -0.1) is 0 Å². The molecular formula is C33H33ClN4O2. The van der Waals surface area contributed by atoms with Crippen molar-refractivity contribution >= 4 is 28.7 Å². The van der Waals surface area contributed by atoms with E-state index in [-0.39, 0.29) is 11.5 Å². The highest BCUT2D eigenvalue weighted by Gasteiger charge is 2.19. The van der Waals surface area contributed by atoms with Crippen LogP contribution in [0.2, 0.25) is 5.02 Å². The highest BCUT2D eigenvalue weighted by molar-refractivity contribution is 6.32. The van der Waals surface area contributed by atoms with Crippen LogP contribution in [0.3, 0.4) is 0 Å². The Morgan fingerprint density at radius 2 is 1.75 bits per heavy atom. The molecule has 0 saturated carbocycles. The van der Waals surface area contributed by atoms with E-state index in [0.717, 1.165) is 45.1 Å². The van der Waals surface area contributed by atoms with E-state index >= 15 is 0 Å². The summed E-state index contributed by atoms with van der Waals surface area (Å²) in [7, 11) is 0. The molecule has 0 fully saturated rings. The van der Waals surface area contributed by atoms with Crippen LogP contribution >= 0.6 is 11.6 Å². The maximum absolute atomic E-state index is 13.8. The van der Waals surface area contributed by atoms with Gasteiger partial charge in [0, 0.05) is 22.5 Å². The maximum atomic E-state index is 13.8. The number of aryl methyl sites for hydroxylation is 2. The van der Waals surface area contributed by atoms with Gasteiger partial charge in [-0.2, -0.15) is 9.78 Å². The van der Waals surface area contributed by atoms with Crippen molar-refractivity contribution in [3.8, 4) is 22.8 Å². The number of nitrogens with zero attached hydrogens (tertiary/aromatic N) is 4. The van der Waals surface area contributed by atoms with Gasteiger partial charge in [0.25, 0.3) is 5.56 Å². The third kappa shape index (κ3) is 4.95. The van der Waals surface area contributed by atoms with E-state index in [1.807, 2.05) is 82.3 Å². The average molecular weight is 553 g/mol. The van der Waals surface area contributed by atoms with Crippen molar-refractivity contribution in [3.63, 3.8) is 0 Å². The summed E-state index contributed by atoms with van der Waals surface area (Å²) >= 11 is 6.51. The second-order valence-corrected chi connectivity index (χ2v) is 10.6. The third-order valence-corrected chi connectivity index (χ3v) is 7.47. The van der Waals surface area contributed by atoms with Gasteiger partial charge in [-0.1, -0.05) is 49.7 Å². The quantitative estimate of drug-likeness (QED) is 0.193. The number of ether oxygens (including phenoxy) is 1. The molecular weight excluding hydrogens is 520 g/mol. The summed E-state index contributed by atoms with van der Waals surface area (Å²) in [6.07, 6.45) is 1.73. The van der Waals surface area contributed by atoms with Crippen LogP contribution < -0.4 is 10.3 Å². The van der Waals surface area contributed by atoms with Gasteiger partial charge in [0.05, 0.1) is 34.4 Å². The Morgan fingerprint density at radius 3 is 2.48 bits per heavy atom. The van der Waals surface area contributed by atoms with Crippen molar-refractivity contribution in [1.29, 1.82) is 0 Å². The molecule has 3 aromatic carbocycles. The summed E-state index contributed by atoms with van der Waals surface area (Å²) in [5.74, 6) is 1.56. The second kappa shape index (κ2) is 11.1. The number of fused-ring (bicyclic) bond motifs is 1. The number of hydrogen-bond acceptors (Lipinski definition) is 4. The van der Waals surface area contributed by atoms with Crippen molar-refractivity contribution < 1.29 is 4.74 Å². The molecule has 0 N–H and O–H groups in total. The summed E-state index contributed by atoms with van der Waals surface area (Å²) in [6.45, 7) is 12.9. The molecule has 0 bridgehead atoms. The minimum Gasteiger partial charge on any atom is -0.494 e. The molecule has 5 aromatic rings. The van der Waals surface area contributed by atoms with Gasteiger partial charge in [0.1, 0.15) is 5.75 Å². The van der Waals surface area contributed by atoms with Crippen molar-refractivity contribution in [2.75, 3.05) is 6.61 Å².